The van der Waals surface area contributed by atoms with Gasteiger partial charge >= 0.3 is 0 Å². The maximum Gasteiger partial charge on any atom is 0.0695 e. The first-order chi connectivity index (χ1) is 7.79. The summed E-state index contributed by atoms with van der Waals surface area (Å²) < 4.78 is 10.2. The molecule has 0 radical (unpaired) electrons. The molecule has 0 aliphatic heterocycles. The number of hydrogen-bond donors (Lipinski definition) is 1. The molecule has 16 heavy (non-hydrogen) atoms. The van der Waals surface area contributed by atoms with Crippen molar-refractivity contribution in [3.8, 4) is 0 Å². The molecule has 0 aromatic heterocycles. The van der Waals surface area contributed by atoms with E-state index in [-0.39, 0.29) is 6.10 Å². The maximum atomic E-state index is 10.0. The molecule has 0 saturated heterocycles. The van der Waals surface area contributed by atoms with Gasteiger partial charge in [0.05, 0.1) is 19.3 Å². The van der Waals surface area contributed by atoms with Crippen LogP contribution in [0.4, 0.5) is 0 Å². The molecule has 1 fully saturated rings. The summed E-state index contributed by atoms with van der Waals surface area (Å²) in [7, 11) is 3.43. The lowest BCUT2D eigenvalue weighted by atomic mass is 9.91. The highest BCUT2D eigenvalue weighted by molar-refractivity contribution is 4.83. The Hall–Kier alpha value is -0.160. The van der Waals surface area contributed by atoms with Gasteiger partial charge < -0.3 is 14.6 Å². The Kier molecular flexibility index (Phi) is 6.96. The van der Waals surface area contributed by atoms with E-state index in [0.717, 1.165) is 32.4 Å². The van der Waals surface area contributed by atoms with E-state index in [1.165, 1.54) is 6.42 Å². The van der Waals surface area contributed by atoms with Gasteiger partial charge in [0.1, 0.15) is 0 Å². The molecule has 1 aliphatic carbocycles. The molecule has 1 N–H and O–H groups in total. The molecule has 0 bridgehead atoms. The van der Waals surface area contributed by atoms with E-state index in [2.05, 4.69) is 4.90 Å². The zero-order valence-electron chi connectivity index (χ0n) is 10.5. The van der Waals surface area contributed by atoms with Gasteiger partial charge in [0.15, 0.2) is 0 Å². The van der Waals surface area contributed by atoms with Gasteiger partial charge in [0.25, 0.3) is 0 Å². The van der Waals surface area contributed by atoms with Crippen molar-refractivity contribution >= 4 is 0 Å². The summed E-state index contributed by atoms with van der Waals surface area (Å²) in [6.07, 6.45) is 4.22. The molecule has 1 saturated carbocycles. The Labute approximate surface area is 98.5 Å². The third kappa shape index (κ3) is 4.37. The van der Waals surface area contributed by atoms with Crippen molar-refractivity contribution in [1.82, 2.24) is 4.90 Å². The summed E-state index contributed by atoms with van der Waals surface area (Å²) in [6, 6.07) is 0.291. The monoisotopic (exact) mass is 231 g/mol. The zero-order chi connectivity index (χ0) is 11.8. The van der Waals surface area contributed by atoms with Gasteiger partial charge in [0.2, 0.25) is 0 Å². The lowest BCUT2D eigenvalue weighted by molar-refractivity contribution is -0.00115. The molecule has 0 aromatic rings. The van der Waals surface area contributed by atoms with Crippen LogP contribution in [-0.4, -0.2) is 62.7 Å². The molecule has 2 unspecified atom stereocenters. The van der Waals surface area contributed by atoms with E-state index in [1.807, 2.05) is 0 Å². The molecule has 0 spiro atoms. The predicted octanol–water partition coefficient (Wildman–Crippen LogP) is 0.885. The third-order valence-corrected chi connectivity index (χ3v) is 3.33. The molecular weight excluding hydrogens is 206 g/mol. The first-order valence-electron chi connectivity index (χ1n) is 6.19. The van der Waals surface area contributed by atoms with Gasteiger partial charge in [-0.15, -0.1) is 0 Å². The first-order valence-corrected chi connectivity index (χ1v) is 6.19. The van der Waals surface area contributed by atoms with E-state index in [0.29, 0.717) is 19.3 Å². The summed E-state index contributed by atoms with van der Waals surface area (Å²) in [5.74, 6) is 0. The number of nitrogens with zero attached hydrogens (tertiary/aromatic N) is 1. The number of methoxy groups -OCH3 is 2. The minimum Gasteiger partial charge on any atom is -0.391 e. The summed E-state index contributed by atoms with van der Waals surface area (Å²) in [5, 5.41) is 10.0. The molecule has 0 amide bonds. The fourth-order valence-corrected chi connectivity index (χ4v) is 2.38. The summed E-state index contributed by atoms with van der Waals surface area (Å²) >= 11 is 0. The molecular formula is C12H25NO3. The van der Waals surface area contributed by atoms with Crippen LogP contribution in [0.5, 0.6) is 0 Å². The molecule has 0 aromatic carbocycles. The van der Waals surface area contributed by atoms with Gasteiger partial charge in [-0.2, -0.15) is 0 Å². The predicted molar refractivity (Wildman–Crippen MR) is 63.6 cm³/mol. The highest BCUT2D eigenvalue weighted by Gasteiger charge is 2.28. The lowest BCUT2D eigenvalue weighted by Crippen LogP contribution is -2.48. The van der Waals surface area contributed by atoms with Crippen LogP contribution in [0.15, 0.2) is 0 Å². The lowest BCUT2D eigenvalue weighted by Gasteiger charge is -2.37. The van der Waals surface area contributed by atoms with E-state index in [9.17, 15) is 5.11 Å². The second kappa shape index (κ2) is 8.01. The molecule has 0 heterocycles. The van der Waals surface area contributed by atoms with Gasteiger partial charge in [0, 0.05) is 33.4 Å². The van der Waals surface area contributed by atoms with Crippen LogP contribution >= 0.6 is 0 Å². The SMILES string of the molecule is COCCN(CCOC)C1CCCCC1O. The largest absolute Gasteiger partial charge is 0.391 e. The van der Waals surface area contributed by atoms with Crippen LogP contribution in [0.1, 0.15) is 25.7 Å². The van der Waals surface area contributed by atoms with E-state index in [1.54, 1.807) is 14.2 Å². The van der Waals surface area contributed by atoms with Crippen molar-refractivity contribution in [2.24, 2.45) is 0 Å². The van der Waals surface area contributed by atoms with Crippen LogP contribution in [0, 0.1) is 0 Å². The second-order valence-electron chi connectivity index (χ2n) is 4.44. The number of aliphatic hydroxyl groups excluding tert-OH is 1. The standard InChI is InChI=1S/C12H25NO3/c1-15-9-7-13(8-10-16-2)11-5-3-4-6-12(11)14/h11-12,14H,3-10H2,1-2H3. The van der Waals surface area contributed by atoms with E-state index < -0.39 is 0 Å². The Morgan fingerprint density at radius 1 is 1.06 bits per heavy atom. The Bertz CT molecular complexity index is 170. The first kappa shape index (κ1) is 13.9. The molecule has 4 nitrogen and oxygen atoms in total. The molecule has 96 valence electrons. The Morgan fingerprint density at radius 3 is 2.12 bits per heavy atom. The van der Waals surface area contributed by atoms with Crippen LogP contribution < -0.4 is 0 Å². The maximum absolute atomic E-state index is 10.0. The van der Waals surface area contributed by atoms with Crippen molar-refractivity contribution in [2.75, 3.05) is 40.5 Å². The summed E-state index contributed by atoms with van der Waals surface area (Å²) in [6.45, 7) is 3.18. The van der Waals surface area contributed by atoms with Crippen LogP contribution in [-0.2, 0) is 9.47 Å². The number of rotatable bonds is 7. The van der Waals surface area contributed by atoms with Crippen molar-refractivity contribution in [3.05, 3.63) is 0 Å². The Balaban J connectivity index is 2.44. The second-order valence-corrected chi connectivity index (χ2v) is 4.44. The number of hydrogen-bond acceptors (Lipinski definition) is 4. The fourth-order valence-electron chi connectivity index (χ4n) is 2.38. The fraction of sp³-hybridized carbons (Fsp3) is 1.00. The summed E-state index contributed by atoms with van der Waals surface area (Å²) in [4.78, 5) is 2.30. The quantitative estimate of drug-likeness (QED) is 0.706. The van der Waals surface area contributed by atoms with Crippen molar-refractivity contribution in [1.29, 1.82) is 0 Å². The van der Waals surface area contributed by atoms with Gasteiger partial charge in [-0.25, -0.2) is 0 Å². The minimum absolute atomic E-state index is 0.178. The van der Waals surface area contributed by atoms with Crippen molar-refractivity contribution in [2.45, 2.75) is 37.8 Å². The van der Waals surface area contributed by atoms with Crippen molar-refractivity contribution < 1.29 is 14.6 Å². The molecule has 1 aliphatic rings. The van der Waals surface area contributed by atoms with Gasteiger partial charge in [-0.05, 0) is 12.8 Å². The van der Waals surface area contributed by atoms with Gasteiger partial charge in [-0.3, -0.25) is 4.90 Å². The highest BCUT2D eigenvalue weighted by atomic mass is 16.5. The van der Waals surface area contributed by atoms with E-state index in [4.69, 9.17) is 9.47 Å². The van der Waals surface area contributed by atoms with Crippen molar-refractivity contribution in [3.63, 3.8) is 0 Å². The highest BCUT2D eigenvalue weighted by Crippen LogP contribution is 2.22. The molecule has 1 rings (SSSR count). The smallest absolute Gasteiger partial charge is 0.0695 e. The number of aliphatic hydroxyl groups is 1. The molecule has 4 heteroatoms. The third-order valence-electron chi connectivity index (χ3n) is 3.33. The van der Waals surface area contributed by atoms with Crippen LogP contribution in [0.25, 0.3) is 0 Å². The molecule has 2 atom stereocenters. The average Bonchev–Trinajstić information content (AvgIpc) is 2.31. The zero-order valence-corrected chi connectivity index (χ0v) is 10.5. The normalized spacial score (nSPS) is 26.2. The average molecular weight is 231 g/mol. The van der Waals surface area contributed by atoms with Crippen LogP contribution in [0.2, 0.25) is 0 Å². The van der Waals surface area contributed by atoms with Crippen LogP contribution in [0.3, 0.4) is 0 Å². The number of ether oxygens (including phenoxy) is 2. The minimum atomic E-state index is -0.178. The Morgan fingerprint density at radius 2 is 1.62 bits per heavy atom. The van der Waals surface area contributed by atoms with Gasteiger partial charge in [-0.1, -0.05) is 12.8 Å². The summed E-state index contributed by atoms with van der Waals surface area (Å²) in [5.41, 5.74) is 0. The topological polar surface area (TPSA) is 41.9 Å². The van der Waals surface area contributed by atoms with E-state index >= 15 is 0 Å².